The minimum atomic E-state index is -3.85. The van der Waals surface area contributed by atoms with E-state index in [1.165, 1.54) is 22.5 Å². The number of carbonyl (C=O) groups excluding carboxylic acids is 2. The van der Waals surface area contributed by atoms with Crippen LogP contribution in [0.4, 0.5) is 5.69 Å². The number of benzene rings is 2. The van der Waals surface area contributed by atoms with Gasteiger partial charge in [0.05, 0.1) is 32.2 Å². The first-order valence-electron chi connectivity index (χ1n) is 8.87. The van der Waals surface area contributed by atoms with E-state index in [0.717, 1.165) is 0 Å². The van der Waals surface area contributed by atoms with E-state index in [4.69, 9.17) is 27.9 Å². The summed E-state index contributed by atoms with van der Waals surface area (Å²) in [4.78, 5) is 23.4. The van der Waals surface area contributed by atoms with Gasteiger partial charge in [0.2, 0.25) is 10.0 Å². The van der Waals surface area contributed by atoms with Crippen LogP contribution >= 0.6 is 23.2 Å². The van der Waals surface area contributed by atoms with Gasteiger partial charge in [0, 0.05) is 12.6 Å². The number of rotatable bonds is 5. The summed E-state index contributed by atoms with van der Waals surface area (Å²) in [5.41, 5.74) is 0.388. The monoisotopic (exact) mass is 454 g/mol. The molecular weight excluding hydrogens is 439 g/mol. The molecule has 1 atom stereocenters. The number of nitrogens with zero attached hydrogens (tertiary/aromatic N) is 1. The van der Waals surface area contributed by atoms with E-state index in [1.807, 2.05) is 0 Å². The number of hydrogen-bond donors (Lipinski definition) is 1. The zero-order valence-electron chi connectivity index (χ0n) is 15.0. The van der Waals surface area contributed by atoms with Gasteiger partial charge in [-0.25, -0.2) is 8.42 Å². The van der Waals surface area contributed by atoms with E-state index in [2.05, 4.69) is 5.32 Å². The highest BCUT2D eigenvalue weighted by molar-refractivity contribution is 7.89. The maximum atomic E-state index is 13.2. The number of carbonyl (C=O) groups is 2. The number of fused-ring (bicyclic) bond motifs is 1. The Labute approximate surface area is 177 Å². The molecular formula is C19H16Cl2N2O5S. The van der Waals surface area contributed by atoms with Crippen molar-refractivity contribution in [2.24, 2.45) is 0 Å². The lowest BCUT2D eigenvalue weighted by atomic mass is 10.1. The van der Waals surface area contributed by atoms with Gasteiger partial charge in [0.1, 0.15) is 12.4 Å². The van der Waals surface area contributed by atoms with Crippen LogP contribution in [0, 0.1) is 0 Å². The van der Waals surface area contributed by atoms with Gasteiger partial charge in [-0.3, -0.25) is 9.59 Å². The molecule has 2 aromatic carbocycles. The number of anilines is 1. The second-order valence-electron chi connectivity index (χ2n) is 6.79. The van der Waals surface area contributed by atoms with Crippen molar-refractivity contribution in [3.63, 3.8) is 0 Å². The molecule has 0 unspecified atom stereocenters. The summed E-state index contributed by atoms with van der Waals surface area (Å²) in [5, 5.41) is 3.17. The van der Waals surface area contributed by atoms with Crippen molar-refractivity contribution in [2.75, 3.05) is 18.5 Å². The molecule has 2 aromatic rings. The van der Waals surface area contributed by atoms with Crippen molar-refractivity contribution < 1.29 is 22.7 Å². The van der Waals surface area contributed by atoms with E-state index in [9.17, 15) is 18.0 Å². The van der Waals surface area contributed by atoms with Crippen LogP contribution in [0.25, 0.3) is 0 Å². The number of amides is 1. The van der Waals surface area contributed by atoms with Gasteiger partial charge in [-0.2, -0.15) is 4.31 Å². The molecule has 0 aliphatic carbocycles. The molecule has 10 heteroatoms. The summed E-state index contributed by atoms with van der Waals surface area (Å²) in [6.07, 6.45) is 1.34. The summed E-state index contributed by atoms with van der Waals surface area (Å²) in [6, 6.07) is 8.56. The highest BCUT2D eigenvalue weighted by atomic mass is 35.5. The fourth-order valence-electron chi connectivity index (χ4n) is 3.47. The molecule has 0 aromatic heterocycles. The molecule has 2 aliphatic heterocycles. The zero-order chi connectivity index (χ0) is 20.8. The van der Waals surface area contributed by atoms with Crippen LogP contribution in [0.2, 0.25) is 10.0 Å². The van der Waals surface area contributed by atoms with Gasteiger partial charge < -0.3 is 10.1 Å². The van der Waals surface area contributed by atoms with E-state index < -0.39 is 21.7 Å². The molecule has 0 radical (unpaired) electrons. The van der Waals surface area contributed by atoms with Gasteiger partial charge in [-0.05, 0) is 43.2 Å². The minimum Gasteiger partial charge on any atom is -0.492 e. The lowest BCUT2D eigenvalue weighted by Crippen LogP contribution is -2.39. The molecule has 1 N–H and O–H groups in total. The third kappa shape index (κ3) is 3.73. The van der Waals surface area contributed by atoms with Crippen molar-refractivity contribution in [3.05, 3.63) is 52.0 Å². The predicted octanol–water partition coefficient (Wildman–Crippen LogP) is 3.36. The Kier molecular flexibility index (Phi) is 5.29. The number of halogens is 2. The third-order valence-electron chi connectivity index (χ3n) is 4.95. The van der Waals surface area contributed by atoms with Crippen LogP contribution in [0.3, 0.4) is 0 Å². The average Bonchev–Trinajstić information content (AvgIpc) is 3.28. The molecule has 2 aliphatic rings. The molecule has 0 spiro atoms. The van der Waals surface area contributed by atoms with Crippen LogP contribution in [-0.4, -0.2) is 43.6 Å². The number of sulfonamides is 1. The first-order chi connectivity index (χ1) is 13.8. The predicted molar refractivity (Wildman–Crippen MR) is 108 cm³/mol. The van der Waals surface area contributed by atoms with Gasteiger partial charge in [0.25, 0.3) is 11.7 Å². The highest BCUT2D eigenvalue weighted by Gasteiger charge is 2.37. The zero-order valence-corrected chi connectivity index (χ0v) is 17.4. The Bertz CT molecular complexity index is 1120. The molecule has 4 rings (SSSR count). The van der Waals surface area contributed by atoms with Crippen molar-refractivity contribution in [3.8, 4) is 5.75 Å². The highest BCUT2D eigenvalue weighted by Crippen LogP contribution is 2.32. The fraction of sp³-hybridized carbons (Fsp3) is 0.263. The Hall–Kier alpha value is -2.13. The van der Waals surface area contributed by atoms with E-state index >= 15 is 0 Å². The van der Waals surface area contributed by atoms with Crippen LogP contribution < -0.4 is 10.1 Å². The van der Waals surface area contributed by atoms with Crippen molar-refractivity contribution >= 4 is 50.6 Å². The lowest BCUT2D eigenvalue weighted by molar-refractivity contribution is -0.112. The number of hydrogen-bond acceptors (Lipinski definition) is 5. The number of Topliss-reactive ketones (excluding diaryl/α,β-unsaturated/α-hetero) is 1. The van der Waals surface area contributed by atoms with Gasteiger partial charge in [-0.1, -0.05) is 23.2 Å². The maximum absolute atomic E-state index is 13.2. The third-order valence-corrected chi connectivity index (χ3v) is 7.64. The van der Waals surface area contributed by atoms with Crippen molar-refractivity contribution in [1.29, 1.82) is 0 Å². The van der Waals surface area contributed by atoms with Gasteiger partial charge in [0.15, 0.2) is 0 Å². The smallest absolute Gasteiger partial charge is 0.296 e. The SMILES string of the molecule is O=C1Nc2ccc(S(=O)(=O)N3CCC[C@H]3COc3ccc(Cl)c(Cl)c3)cc2C1=O. The molecule has 0 bridgehead atoms. The summed E-state index contributed by atoms with van der Waals surface area (Å²) in [6.45, 7) is 0.501. The molecule has 152 valence electrons. The standard InChI is InChI=1S/C19H16Cl2N2O5S/c20-15-5-3-12(8-16(15)21)28-10-11-2-1-7-23(11)29(26,27)13-4-6-17-14(9-13)18(24)19(25)22-17/h3-6,8-9,11H,1-2,7,10H2,(H,22,24,25)/t11-/m0/s1. The lowest BCUT2D eigenvalue weighted by Gasteiger charge is -2.24. The Balaban J connectivity index is 1.54. The largest absolute Gasteiger partial charge is 0.492 e. The topological polar surface area (TPSA) is 92.8 Å². The number of ether oxygens (including phenoxy) is 1. The quantitative estimate of drug-likeness (QED) is 0.699. The van der Waals surface area contributed by atoms with Gasteiger partial charge >= 0.3 is 0 Å². The Morgan fingerprint density at radius 3 is 2.66 bits per heavy atom. The first-order valence-corrected chi connectivity index (χ1v) is 11.1. The van der Waals surface area contributed by atoms with Crippen LogP contribution in [-0.2, 0) is 14.8 Å². The van der Waals surface area contributed by atoms with Crippen molar-refractivity contribution in [2.45, 2.75) is 23.8 Å². The number of nitrogens with one attached hydrogen (secondary N) is 1. The average molecular weight is 455 g/mol. The molecule has 2 heterocycles. The molecule has 1 saturated heterocycles. The summed E-state index contributed by atoms with van der Waals surface area (Å²) >= 11 is 11.9. The van der Waals surface area contributed by atoms with Crippen LogP contribution in [0.5, 0.6) is 5.75 Å². The summed E-state index contributed by atoms with van der Waals surface area (Å²) in [5.74, 6) is -1.00. The van der Waals surface area contributed by atoms with E-state index in [1.54, 1.807) is 18.2 Å². The molecule has 1 fully saturated rings. The van der Waals surface area contributed by atoms with Crippen LogP contribution in [0.15, 0.2) is 41.3 Å². The maximum Gasteiger partial charge on any atom is 0.296 e. The summed E-state index contributed by atoms with van der Waals surface area (Å²) < 4.78 is 33.4. The minimum absolute atomic E-state index is 0.0254. The van der Waals surface area contributed by atoms with Crippen LogP contribution in [0.1, 0.15) is 23.2 Å². The molecule has 0 saturated carbocycles. The van der Waals surface area contributed by atoms with Crippen molar-refractivity contribution in [1.82, 2.24) is 4.31 Å². The van der Waals surface area contributed by atoms with Gasteiger partial charge in [-0.15, -0.1) is 0 Å². The molecule has 1 amide bonds. The number of ketones is 1. The second-order valence-corrected chi connectivity index (χ2v) is 9.49. The Morgan fingerprint density at radius 2 is 1.90 bits per heavy atom. The molecule has 7 nitrogen and oxygen atoms in total. The normalized spacial score (nSPS) is 19.3. The van der Waals surface area contributed by atoms with E-state index in [-0.39, 0.29) is 23.1 Å². The Morgan fingerprint density at radius 1 is 1.10 bits per heavy atom. The molecule has 29 heavy (non-hydrogen) atoms. The first kappa shape index (κ1) is 20.2. The summed E-state index contributed by atoms with van der Waals surface area (Å²) in [7, 11) is -3.85. The second kappa shape index (κ2) is 7.60. The fourth-order valence-corrected chi connectivity index (χ4v) is 5.46. The van der Waals surface area contributed by atoms with E-state index in [0.29, 0.717) is 40.9 Å².